The number of benzene rings is 1. The Labute approximate surface area is 158 Å². The number of quaternary nitrogens is 1. The van der Waals surface area contributed by atoms with Crippen molar-refractivity contribution in [2.24, 2.45) is 5.92 Å². The first-order valence-corrected chi connectivity index (χ1v) is 8.52. The fourth-order valence-electron chi connectivity index (χ4n) is 3.55. The number of aliphatic hydroxyl groups is 1. The maximum absolute atomic E-state index is 11.6. The predicted molar refractivity (Wildman–Crippen MR) is 91.0 cm³/mol. The Balaban J connectivity index is 0.00000264. The average molecular weight is 433 g/mol. The van der Waals surface area contributed by atoms with E-state index in [0.717, 1.165) is 41.6 Å². The Hall–Kier alpha value is -0.330. The second-order valence-corrected chi connectivity index (χ2v) is 7.75. The summed E-state index contributed by atoms with van der Waals surface area (Å²) in [5.74, 6) is 1.22. The number of nitrogens with zero attached hydrogens (tertiary/aromatic N) is 1. The number of ether oxygens (including phenoxy) is 1. The van der Waals surface area contributed by atoms with Crippen molar-refractivity contribution in [3.63, 3.8) is 0 Å². The van der Waals surface area contributed by atoms with Crippen LogP contribution in [0.5, 0.6) is 5.75 Å². The fourth-order valence-corrected chi connectivity index (χ4v) is 3.55. The highest BCUT2D eigenvalue weighted by Gasteiger charge is 2.39. The second kappa shape index (κ2) is 8.67. The van der Waals surface area contributed by atoms with Gasteiger partial charge in [0.15, 0.2) is 0 Å². The lowest BCUT2D eigenvalue weighted by atomic mass is 9.71. The molecule has 1 aromatic rings. The summed E-state index contributed by atoms with van der Waals surface area (Å²) in [6.07, 6.45) is 6.89. The first-order valence-electron chi connectivity index (χ1n) is 8.52. The normalized spacial score (nSPS) is 18.8. The molecule has 0 amide bonds. The molecule has 1 atom stereocenters. The van der Waals surface area contributed by atoms with Crippen molar-refractivity contribution < 1.29 is 38.3 Å². The van der Waals surface area contributed by atoms with Crippen molar-refractivity contribution in [3.05, 3.63) is 29.8 Å². The van der Waals surface area contributed by atoms with Gasteiger partial charge in [0.1, 0.15) is 5.75 Å². The van der Waals surface area contributed by atoms with Crippen molar-refractivity contribution in [3.8, 4) is 5.75 Å². The Morgan fingerprint density at radius 3 is 2.13 bits per heavy atom. The van der Waals surface area contributed by atoms with E-state index in [1.165, 1.54) is 19.3 Å². The van der Waals surface area contributed by atoms with Crippen LogP contribution >= 0.6 is 0 Å². The zero-order valence-electron chi connectivity index (χ0n) is 15.0. The molecule has 1 unspecified atom stereocenters. The maximum Gasteiger partial charge on any atom is 0.118 e. The highest BCUT2D eigenvalue weighted by molar-refractivity contribution is 5.31. The number of halogens is 1. The highest BCUT2D eigenvalue weighted by Crippen LogP contribution is 2.42. The van der Waals surface area contributed by atoms with Gasteiger partial charge in [0.25, 0.3) is 0 Å². The summed E-state index contributed by atoms with van der Waals surface area (Å²) in [6, 6.07) is 8.02. The van der Waals surface area contributed by atoms with E-state index in [2.05, 4.69) is 21.1 Å². The van der Waals surface area contributed by atoms with E-state index in [9.17, 15) is 5.11 Å². The fraction of sp³-hybridized carbons (Fsp3) is 0.684. The SMILES string of the molecule is COc1ccc(C(O)(CC[N+](C)(C)C)C2CCCCC2)cc1.[I-]. The largest absolute Gasteiger partial charge is 1.00 e. The molecule has 0 radical (unpaired) electrons. The number of hydrogen-bond acceptors (Lipinski definition) is 2. The summed E-state index contributed by atoms with van der Waals surface area (Å²) < 4.78 is 6.14. The number of methoxy groups -OCH3 is 1. The van der Waals surface area contributed by atoms with Gasteiger partial charge in [-0.1, -0.05) is 31.4 Å². The number of rotatable bonds is 6. The third-order valence-corrected chi connectivity index (χ3v) is 5.03. The monoisotopic (exact) mass is 433 g/mol. The van der Waals surface area contributed by atoms with Crippen molar-refractivity contribution in [1.82, 2.24) is 0 Å². The van der Waals surface area contributed by atoms with Gasteiger partial charge in [0, 0.05) is 6.42 Å². The van der Waals surface area contributed by atoms with Crippen LogP contribution in [-0.4, -0.2) is 44.4 Å². The maximum atomic E-state index is 11.6. The lowest BCUT2D eigenvalue weighted by Crippen LogP contribution is -3.00. The Morgan fingerprint density at radius 1 is 1.09 bits per heavy atom. The number of hydrogen-bond donors (Lipinski definition) is 1. The van der Waals surface area contributed by atoms with Crippen LogP contribution in [0.15, 0.2) is 24.3 Å². The van der Waals surface area contributed by atoms with E-state index in [1.807, 2.05) is 24.3 Å². The topological polar surface area (TPSA) is 29.5 Å². The van der Waals surface area contributed by atoms with Crippen molar-refractivity contribution >= 4 is 0 Å². The summed E-state index contributed by atoms with van der Waals surface area (Å²) in [5, 5.41) is 11.6. The lowest BCUT2D eigenvalue weighted by molar-refractivity contribution is -0.871. The van der Waals surface area contributed by atoms with Crippen LogP contribution in [0.1, 0.15) is 44.1 Å². The molecule has 0 aliphatic heterocycles. The Bertz CT molecular complexity index is 463. The molecule has 23 heavy (non-hydrogen) atoms. The molecule has 1 fully saturated rings. The molecule has 1 aliphatic carbocycles. The van der Waals surface area contributed by atoms with Gasteiger partial charge in [0.05, 0.1) is 40.4 Å². The summed E-state index contributed by atoms with van der Waals surface area (Å²) in [5.41, 5.74) is 0.340. The van der Waals surface area contributed by atoms with E-state index >= 15 is 0 Å². The van der Waals surface area contributed by atoms with Crippen LogP contribution in [0.25, 0.3) is 0 Å². The molecular weight excluding hydrogens is 401 g/mol. The van der Waals surface area contributed by atoms with E-state index in [0.29, 0.717) is 5.92 Å². The first kappa shape index (κ1) is 20.7. The van der Waals surface area contributed by atoms with Crippen molar-refractivity contribution in [2.45, 2.75) is 44.1 Å². The summed E-state index contributed by atoms with van der Waals surface area (Å²) in [4.78, 5) is 0. The molecule has 1 saturated carbocycles. The van der Waals surface area contributed by atoms with Gasteiger partial charge in [-0.15, -0.1) is 0 Å². The van der Waals surface area contributed by atoms with Gasteiger partial charge in [-0.05, 0) is 36.5 Å². The molecule has 1 aromatic carbocycles. The molecule has 0 bridgehead atoms. The van der Waals surface area contributed by atoms with E-state index < -0.39 is 5.60 Å². The molecule has 3 nitrogen and oxygen atoms in total. The van der Waals surface area contributed by atoms with E-state index in [1.54, 1.807) is 7.11 Å². The smallest absolute Gasteiger partial charge is 0.118 e. The molecule has 0 saturated heterocycles. The molecule has 1 N–H and O–H groups in total. The molecule has 0 heterocycles. The van der Waals surface area contributed by atoms with Crippen LogP contribution in [0, 0.1) is 5.92 Å². The quantitative estimate of drug-likeness (QED) is 0.525. The van der Waals surface area contributed by atoms with Gasteiger partial charge in [-0.3, -0.25) is 0 Å². The van der Waals surface area contributed by atoms with Gasteiger partial charge in [-0.25, -0.2) is 0 Å². The zero-order valence-corrected chi connectivity index (χ0v) is 17.2. The first-order chi connectivity index (χ1) is 10.3. The van der Waals surface area contributed by atoms with Crippen LogP contribution in [0.3, 0.4) is 0 Å². The van der Waals surface area contributed by atoms with Crippen LogP contribution < -0.4 is 28.7 Å². The van der Waals surface area contributed by atoms with Crippen molar-refractivity contribution in [1.29, 1.82) is 0 Å². The zero-order chi connectivity index (χ0) is 16.2. The second-order valence-electron chi connectivity index (χ2n) is 7.75. The van der Waals surface area contributed by atoms with Crippen LogP contribution in [-0.2, 0) is 5.60 Å². The van der Waals surface area contributed by atoms with E-state index in [4.69, 9.17) is 4.74 Å². The van der Waals surface area contributed by atoms with Crippen LogP contribution in [0.4, 0.5) is 0 Å². The van der Waals surface area contributed by atoms with Gasteiger partial charge < -0.3 is 38.3 Å². The summed E-state index contributed by atoms with van der Waals surface area (Å²) in [6.45, 7) is 0.971. The Morgan fingerprint density at radius 2 is 1.65 bits per heavy atom. The minimum Gasteiger partial charge on any atom is -1.00 e. The molecule has 2 rings (SSSR count). The minimum atomic E-state index is -0.710. The molecular formula is C19H32INO2. The molecule has 0 aromatic heterocycles. The standard InChI is InChI=1S/C19H32NO2.HI/c1-20(2,3)15-14-19(21,16-8-6-5-7-9-16)17-10-12-18(22-4)13-11-17;/h10-13,16,21H,5-9,14-15H2,1-4H3;1H/q+1;/p-1. The summed E-state index contributed by atoms with van der Waals surface area (Å²) >= 11 is 0. The third kappa shape index (κ3) is 5.61. The molecule has 0 spiro atoms. The molecule has 4 heteroatoms. The molecule has 132 valence electrons. The minimum absolute atomic E-state index is 0. The lowest BCUT2D eigenvalue weighted by Gasteiger charge is -2.40. The average Bonchev–Trinajstić information content (AvgIpc) is 2.53. The summed E-state index contributed by atoms with van der Waals surface area (Å²) in [7, 11) is 8.25. The highest BCUT2D eigenvalue weighted by atomic mass is 127. The van der Waals surface area contributed by atoms with Crippen LogP contribution in [0.2, 0.25) is 0 Å². The Kier molecular flexibility index (Phi) is 7.81. The van der Waals surface area contributed by atoms with Gasteiger partial charge in [-0.2, -0.15) is 0 Å². The van der Waals surface area contributed by atoms with Gasteiger partial charge >= 0.3 is 0 Å². The van der Waals surface area contributed by atoms with Gasteiger partial charge in [0.2, 0.25) is 0 Å². The van der Waals surface area contributed by atoms with Crippen molar-refractivity contribution in [2.75, 3.05) is 34.8 Å². The predicted octanol–water partition coefficient (Wildman–Crippen LogP) is 0.563. The van der Waals surface area contributed by atoms with E-state index in [-0.39, 0.29) is 24.0 Å². The third-order valence-electron chi connectivity index (χ3n) is 5.03. The molecule has 1 aliphatic rings.